The Bertz CT molecular complexity index is 3510. The van der Waals surface area contributed by atoms with Crippen LogP contribution >= 0.6 is 0 Å². The molecule has 0 spiro atoms. The lowest BCUT2D eigenvalue weighted by molar-refractivity contribution is 1.07. The molecule has 0 atom stereocenters. The number of para-hydroxylation sites is 1. The summed E-state index contributed by atoms with van der Waals surface area (Å²) < 4.78 is 2.42. The third kappa shape index (κ3) is 5.84. The van der Waals surface area contributed by atoms with E-state index in [1.165, 1.54) is 32.6 Å². The number of hydrogen-bond donors (Lipinski definition) is 0. The van der Waals surface area contributed by atoms with Crippen molar-refractivity contribution in [2.24, 2.45) is 0 Å². The van der Waals surface area contributed by atoms with Gasteiger partial charge in [-0.05, 0) is 45.8 Å². The standard InChI is InChI=1S/C55H34N6/c1-3-11-39(12-4-1)53-58-54(40-13-5-2-6-14-40)60-55(59-53)41-25-23-37(24-26-41)35-19-21-36(22-20-35)38-27-29-42(30-28-38)61-48-18-10-9-15-43(48)46-31-32-47-49(52(46)61)44-16-7-8-17-45(44)50-51(47)57-34-33-56-50/h1-34H. The van der Waals surface area contributed by atoms with Crippen LogP contribution < -0.4 is 0 Å². The highest BCUT2D eigenvalue weighted by Gasteiger charge is 2.20. The summed E-state index contributed by atoms with van der Waals surface area (Å²) in [6, 6.07) is 68.1. The van der Waals surface area contributed by atoms with Crippen LogP contribution in [0.4, 0.5) is 0 Å². The second-order valence-corrected chi connectivity index (χ2v) is 15.3. The van der Waals surface area contributed by atoms with Crippen LogP contribution in [0.3, 0.4) is 0 Å². The molecule has 0 aliphatic carbocycles. The van der Waals surface area contributed by atoms with Crippen molar-refractivity contribution in [2.45, 2.75) is 0 Å². The largest absolute Gasteiger partial charge is 0.309 e. The lowest BCUT2D eigenvalue weighted by Gasteiger charge is -2.14. The molecule has 0 radical (unpaired) electrons. The minimum absolute atomic E-state index is 0.642. The quantitative estimate of drug-likeness (QED) is 0.157. The maximum absolute atomic E-state index is 4.91. The van der Waals surface area contributed by atoms with E-state index in [0.717, 1.165) is 66.4 Å². The van der Waals surface area contributed by atoms with E-state index in [0.29, 0.717) is 17.5 Å². The molecule has 3 aromatic heterocycles. The Balaban J connectivity index is 0.887. The second kappa shape index (κ2) is 14.2. The summed E-state index contributed by atoms with van der Waals surface area (Å²) in [7, 11) is 0. The van der Waals surface area contributed by atoms with Gasteiger partial charge in [-0.3, -0.25) is 9.97 Å². The number of nitrogens with zero attached hydrogens (tertiary/aromatic N) is 6. The zero-order valence-corrected chi connectivity index (χ0v) is 32.8. The molecule has 284 valence electrons. The van der Waals surface area contributed by atoms with Gasteiger partial charge in [0.1, 0.15) is 0 Å². The van der Waals surface area contributed by atoms with Crippen LogP contribution in [0.2, 0.25) is 0 Å². The first-order valence-electron chi connectivity index (χ1n) is 20.4. The van der Waals surface area contributed by atoms with Gasteiger partial charge < -0.3 is 4.57 Å². The smallest absolute Gasteiger partial charge is 0.164 e. The van der Waals surface area contributed by atoms with Crippen molar-refractivity contribution < 1.29 is 0 Å². The molecule has 0 bridgehead atoms. The predicted molar refractivity (Wildman–Crippen MR) is 249 cm³/mol. The first-order chi connectivity index (χ1) is 30.2. The van der Waals surface area contributed by atoms with Gasteiger partial charge in [0.2, 0.25) is 0 Å². The van der Waals surface area contributed by atoms with Crippen LogP contribution in [0.15, 0.2) is 207 Å². The Morgan fingerprint density at radius 2 is 0.705 bits per heavy atom. The van der Waals surface area contributed by atoms with Crippen molar-refractivity contribution >= 4 is 54.4 Å². The van der Waals surface area contributed by atoms with Crippen molar-refractivity contribution in [2.75, 3.05) is 0 Å². The normalized spacial score (nSPS) is 11.6. The molecular formula is C55H34N6. The van der Waals surface area contributed by atoms with Gasteiger partial charge in [0.05, 0.1) is 22.1 Å². The van der Waals surface area contributed by atoms with Crippen molar-refractivity contribution in [1.29, 1.82) is 0 Å². The van der Waals surface area contributed by atoms with Gasteiger partial charge >= 0.3 is 0 Å². The number of hydrogen-bond acceptors (Lipinski definition) is 5. The van der Waals surface area contributed by atoms with E-state index in [-0.39, 0.29) is 0 Å². The van der Waals surface area contributed by atoms with Gasteiger partial charge in [-0.15, -0.1) is 0 Å². The Morgan fingerprint density at radius 3 is 1.26 bits per heavy atom. The van der Waals surface area contributed by atoms with Crippen molar-refractivity contribution in [3.63, 3.8) is 0 Å². The highest BCUT2D eigenvalue weighted by atomic mass is 15.0. The van der Waals surface area contributed by atoms with E-state index in [2.05, 4.69) is 138 Å². The molecule has 0 aliphatic heterocycles. The van der Waals surface area contributed by atoms with Gasteiger partial charge in [0.15, 0.2) is 17.5 Å². The number of aromatic nitrogens is 6. The lowest BCUT2D eigenvalue weighted by atomic mass is 9.97. The minimum atomic E-state index is 0.642. The Hall–Kier alpha value is -8.35. The topological polar surface area (TPSA) is 69.4 Å². The molecule has 0 amide bonds. The van der Waals surface area contributed by atoms with Crippen LogP contribution in [0.5, 0.6) is 0 Å². The van der Waals surface area contributed by atoms with Crippen LogP contribution in [0.25, 0.3) is 116 Å². The number of benzene rings is 9. The third-order valence-corrected chi connectivity index (χ3v) is 11.8. The van der Waals surface area contributed by atoms with Crippen LogP contribution in [0, 0.1) is 0 Å². The SMILES string of the molecule is c1ccc(-c2nc(-c3ccccc3)nc(-c3ccc(-c4ccc(-c5ccc(-n6c7ccccc7c7ccc8c9nccnc9c9ccccc9c8c76)cc5)cc4)cc3)n2)cc1. The average Bonchev–Trinajstić information content (AvgIpc) is 3.69. The van der Waals surface area contributed by atoms with Gasteiger partial charge in [-0.25, -0.2) is 15.0 Å². The fourth-order valence-electron chi connectivity index (χ4n) is 8.84. The average molecular weight is 779 g/mol. The number of fused-ring (bicyclic) bond motifs is 10. The molecule has 61 heavy (non-hydrogen) atoms. The molecule has 0 N–H and O–H groups in total. The molecule has 3 heterocycles. The van der Waals surface area contributed by atoms with E-state index < -0.39 is 0 Å². The lowest BCUT2D eigenvalue weighted by Crippen LogP contribution is -2.00. The first-order valence-corrected chi connectivity index (χ1v) is 20.4. The molecule has 0 aliphatic rings. The zero-order valence-electron chi connectivity index (χ0n) is 32.8. The molecule has 6 heteroatoms. The predicted octanol–water partition coefficient (Wildman–Crippen LogP) is 13.6. The summed E-state index contributed by atoms with van der Waals surface area (Å²) in [4.78, 5) is 24.3. The van der Waals surface area contributed by atoms with Crippen molar-refractivity contribution in [3.05, 3.63) is 207 Å². The first kappa shape index (κ1) is 34.7. The molecule has 0 fully saturated rings. The van der Waals surface area contributed by atoms with E-state index in [9.17, 15) is 0 Å². The molecule has 9 aromatic carbocycles. The van der Waals surface area contributed by atoms with Gasteiger partial charge in [0.25, 0.3) is 0 Å². The summed E-state index contributed by atoms with van der Waals surface area (Å²) >= 11 is 0. The molecular weight excluding hydrogens is 745 g/mol. The van der Waals surface area contributed by atoms with Gasteiger partial charge in [0, 0.05) is 61.7 Å². The van der Waals surface area contributed by atoms with Crippen LogP contribution in [-0.2, 0) is 0 Å². The van der Waals surface area contributed by atoms with E-state index in [1.54, 1.807) is 12.4 Å². The monoisotopic (exact) mass is 778 g/mol. The summed E-state index contributed by atoms with van der Waals surface area (Å²) in [5, 5.41) is 7.00. The highest BCUT2D eigenvalue weighted by molar-refractivity contribution is 6.32. The molecule has 0 saturated heterocycles. The molecule has 0 unspecified atom stereocenters. The van der Waals surface area contributed by atoms with Crippen molar-refractivity contribution in [3.8, 4) is 62.1 Å². The van der Waals surface area contributed by atoms with E-state index in [1.807, 2.05) is 60.7 Å². The third-order valence-electron chi connectivity index (χ3n) is 11.8. The van der Waals surface area contributed by atoms with Gasteiger partial charge in [-0.2, -0.15) is 0 Å². The Kier molecular flexibility index (Phi) is 8.06. The maximum atomic E-state index is 4.91. The molecule has 6 nitrogen and oxygen atoms in total. The summed E-state index contributed by atoms with van der Waals surface area (Å²) in [5.74, 6) is 1.94. The molecule has 0 saturated carbocycles. The van der Waals surface area contributed by atoms with E-state index >= 15 is 0 Å². The minimum Gasteiger partial charge on any atom is -0.309 e. The summed E-state index contributed by atoms with van der Waals surface area (Å²) in [6.07, 6.45) is 3.57. The summed E-state index contributed by atoms with van der Waals surface area (Å²) in [6.45, 7) is 0. The van der Waals surface area contributed by atoms with Crippen molar-refractivity contribution in [1.82, 2.24) is 29.5 Å². The number of rotatable bonds is 6. The Morgan fingerprint density at radius 1 is 0.295 bits per heavy atom. The molecule has 12 rings (SSSR count). The fourth-order valence-corrected chi connectivity index (χ4v) is 8.84. The molecule has 12 aromatic rings. The summed E-state index contributed by atoms with van der Waals surface area (Å²) in [5.41, 5.74) is 12.7. The maximum Gasteiger partial charge on any atom is 0.164 e. The van der Waals surface area contributed by atoms with Crippen LogP contribution in [-0.4, -0.2) is 29.5 Å². The van der Waals surface area contributed by atoms with E-state index in [4.69, 9.17) is 24.9 Å². The highest BCUT2D eigenvalue weighted by Crippen LogP contribution is 2.42. The van der Waals surface area contributed by atoms with Gasteiger partial charge in [-0.1, -0.05) is 176 Å². The fraction of sp³-hybridized carbons (Fsp3) is 0. The Labute approximate surface area is 351 Å². The second-order valence-electron chi connectivity index (χ2n) is 15.3. The van der Waals surface area contributed by atoms with Crippen LogP contribution in [0.1, 0.15) is 0 Å². The zero-order chi connectivity index (χ0) is 40.3.